The van der Waals surface area contributed by atoms with Crippen LogP contribution < -0.4 is 5.73 Å². The molecule has 0 saturated carbocycles. The second kappa shape index (κ2) is 5.44. The van der Waals surface area contributed by atoms with Gasteiger partial charge in [0.05, 0.1) is 0 Å². The van der Waals surface area contributed by atoms with Gasteiger partial charge in [0, 0.05) is 22.8 Å². The van der Waals surface area contributed by atoms with Gasteiger partial charge >= 0.3 is 5.97 Å². The molecule has 0 aromatic rings. The molecule has 0 heterocycles. The maximum absolute atomic E-state index is 9.76. The summed E-state index contributed by atoms with van der Waals surface area (Å²) >= 11 is 3.65. The van der Waals surface area contributed by atoms with Crippen molar-refractivity contribution in [2.45, 2.75) is 6.04 Å². The molecule has 0 aliphatic rings. The molecule has 0 unspecified atom stereocenters. The van der Waals surface area contributed by atoms with Crippen molar-refractivity contribution in [1.29, 1.82) is 0 Å². The third-order valence-electron chi connectivity index (χ3n) is 0.514. The number of hydrogen-bond donors (Lipinski definition) is 3. The van der Waals surface area contributed by atoms with Crippen molar-refractivity contribution in [2.24, 2.45) is 5.73 Å². The molecule has 3 nitrogen and oxygen atoms in total. The fourth-order valence-electron chi connectivity index (χ4n) is 0.0781. The topological polar surface area (TPSA) is 63.3 Å². The Morgan fingerprint density at radius 2 is 2.25 bits per heavy atom. The van der Waals surface area contributed by atoms with Crippen LogP contribution in [0.4, 0.5) is 0 Å². The van der Waals surface area contributed by atoms with Crippen molar-refractivity contribution in [1.82, 2.24) is 0 Å². The fourth-order valence-corrected chi connectivity index (χ4v) is 0.234. The van der Waals surface area contributed by atoms with Gasteiger partial charge in [-0.15, -0.1) is 0 Å². The van der Waals surface area contributed by atoms with E-state index < -0.39 is 12.0 Å². The molecule has 1 atom stereocenters. The zero-order valence-electron chi connectivity index (χ0n) is 3.97. The Kier molecular flexibility index (Phi) is 7.57. The molecule has 0 aromatic heterocycles. The standard InChI is InChI=1S/C3H7NO2S.Cu/c4-2(1-7)3(5)6;/h2,7H,1,4H2,(H,5,6);/t2-;/m0./s1. The second-order valence-electron chi connectivity index (χ2n) is 1.13. The van der Waals surface area contributed by atoms with Gasteiger partial charge in [-0.2, -0.15) is 12.6 Å². The quantitative estimate of drug-likeness (QED) is 0.394. The Morgan fingerprint density at radius 1 is 1.88 bits per heavy atom. The molecule has 0 bridgehead atoms. The number of aliphatic carboxylic acids is 1. The average Bonchev–Trinajstić information content (AvgIpc) is 1.65. The Morgan fingerprint density at radius 3 is 2.25 bits per heavy atom. The molecule has 1 radical (unpaired) electrons. The average molecular weight is 185 g/mol. The number of carboxylic acids is 1. The van der Waals surface area contributed by atoms with E-state index in [0.29, 0.717) is 0 Å². The van der Waals surface area contributed by atoms with Crippen LogP contribution in [0, 0.1) is 0 Å². The summed E-state index contributed by atoms with van der Waals surface area (Å²) in [6, 6.07) is -0.816. The van der Waals surface area contributed by atoms with Crippen molar-refractivity contribution < 1.29 is 27.0 Å². The molecule has 0 aromatic carbocycles. The van der Waals surface area contributed by atoms with E-state index in [-0.39, 0.29) is 22.8 Å². The van der Waals surface area contributed by atoms with Crippen LogP contribution in [0.15, 0.2) is 0 Å². The molecule has 0 aliphatic heterocycles. The van der Waals surface area contributed by atoms with Crippen molar-refractivity contribution in [3.8, 4) is 0 Å². The third-order valence-corrected chi connectivity index (χ3v) is 0.907. The third kappa shape index (κ3) is 4.46. The van der Waals surface area contributed by atoms with Crippen LogP contribution in [0.3, 0.4) is 0 Å². The number of carbonyl (C=O) groups is 1. The summed E-state index contributed by atoms with van der Waals surface area (Å²) in [6.07, 6.45) is 0. The Bertz CT molecular complexity index is 79.7. The molecule has 0 aliphatic carbocycles. The summed E-state index contributed by atoms with van der Waals surface area (Å²) in [7, 11) is 0. The Balaban J connectivity index is 0. The van der Waals surface area contributed by atoms with Crippen LogP contribution in [0.5, 0.6) is 0 Å². The Labute approximate surface area is 63.5 Å². The van der Waals surface area contributed by atoms with Crippen molar-refractivity contribution >= 4 is 18.6 Å². The number of hydrogen-bond acceptors (Lipinski definition) is 3. The zero-order chi connectivity index (χ0) is 5.86. The van der Waals surface area contributed by atoms with Crippen LogP contribution in [-0.2, 0) is 21.9 Å². The van der Waals surface area contributed by atoms with E-state index in [4.69, 9.17) is 10.8 Å². The monoisotopic (exact) mass is 184 g/mol. The van der Waals surface area contributed by atoms with Gasteiger partial charge in [0.25, 0.3) is 0 Å². The van der Waals surface area contributed by atoms with Gasteiger partial charge in [0.1, 0.15) is 6.04 Å². The van der Waals surface area contributed by atoms with Crippen LogP contribution in [0.1, 0.15) is 0 Å². The molecule has 0 rings (SSSR count). The number of rotatable bonds is 2. The fraction of sp³-hybridized carbons (Fsp3) is 0.667. The number of carboxylic acid groups (broad SMARTS) is 1. The van der Waals surface area contributed by atoms with Crippen LogP contribution in [0.2, 0.25) is 0 Å². The molecule has 8 heavy (non-hydrogen) atoms. The van der Waals surface area contributed by atoms with E-state index in [2.05, 4.69) is 12.6 Å². The summed E-state index contributed by atoms with van der Waals surface area (Å²) < 4.78 is 0. The van der Waals surface area contributed by atoms with Crippen molar-refractivity contribution in [3.63, 3.8) is 0 Å². The number of thiol groups is 1. The summed E-state index contributed by atoms with van der Waals surface area (Å²) in [5.41, 5.74) is 4.94. The van der Waals surface area contributed by atoms with Gasteiger partial charge < -0.3 is 10.8 Å². The van der Waals surface area contributed by atoms with E-state index in [1.807, 2.05) is 0 Å². The van der Waals surface area contributed by atoms with Crippen molar-refractivity contribution in [2.75, 3.05) is 5.75 Å². The molecule has 0 spiro atoms. The van der Waals surface area contributed by atoms with Gasteiger partial charge in [-0.05, 0) is 0 Å². The predicted molar refractivity (Wildman–Crippen MR) is 29.5 cm³/mol. The molecular formula is C3H7CuNO2S. The maximum atomic E-state index is 9.76. The van der Waals surface area contributed by atoms with Crippen LogP contribution in [-0.4, -0.2) is 22.9 Å². The molecule has 53 valence electrons. The van der Waals surface area contributed by atoms with Crippen LogP contribution >= 0.6 is 12.6 Å². The van der Waals surface area contributed by atoms with Gasteiger partial charge in [0.2, 0.25) is 0 Å². The summed E-state index contributed by atoms with van der Waals surface area (Å²) in [4.78, 5) is 9.76. The minimum Gasteiger partial charge on any atom is -0.480 e. The smallest absolute Gasteiger partial charge is 0.321 e. The van der Waals surface area contributed by atoms with E-state index in [1.54, 1.807) is 0 Å². The summed E-state index contributed by atoms with van der Waals surface area (Å²) in [5.74, 6) is -0.815. The van der Waals surface area contributed by atoms with E-state index in [1.165, 1.54) is 0 Å². The van der Waals surface area contributed by atoms with Crippen LogP contribution in [0.25, 0.3) is 0 Å². The van der Waals surface area contributed by atoms with Gasteiger partial charge in [-0.1, -0.05) is 0 Å². The first-order valence-corrected chi connectivity index (χ1v) is 2.41. The molecule has 0 amide bonds. The first-order valence-electron chi connectivity index (χ1n) is 1.77. The Hall–Kier alpha value is 0.299. The first-order chi connectivity index (χ1) is 3.18. The molecule has 3 N–H and O–H groups in total. The maximum Gasteiger partial charge on any atom is 0.321 e. The SMILES string of the molecule is N[C@@H](CS)C(=O)O.[Cu]. The summed E-state index contributed by atoms with van der Waals surface area (Å²) in [6.45, 7) is 0. The van der Waals surface area contributed by atoms with E-state index >= 15 is 0 Å². The zero-order valence-corrected chi connectivity index (χ0v) is 5.80. The van der Waals surface area contributed by atoms with Gasteiger partial charge in [0.15, 0.2) is 0 Å². The minimum absolute atomic E-state index is 0. The molecule has 0 saturated heterocycles. The first kappa shape index (κ1) is 11.1. The minimum atomic E-state index is -1.00. The molecule has 5 heteroatoms. The number of nitrogens with two attached hydrogens (primary N) is 1. The van der Waals surface area contributed by atoms with E-state index in [9.17, 15) is 4.79 Å². The second-order valence-corrected chi connectivity index (χ2v) is 1.49. The summed E-state index contributed by atoms with van der Waals surface area (Å²) in [5, 5.41) is 8.01. The predicted octanol–water partition coefficient (Wildman–Crippen LogP) is -0.674. The van der Waals surface area contributed by atoms with Gasteiger partial charge in [-0.3, -0.25) is 4.79 Å². The normalized spacial score (nSPS) is 11.8. The van der Waals surface area contributed by atoms with Gasteiger partial charge in [-0.25, -0.2) is 0 Å². The van der Waals surface area contributed by atoms with Crippen molar-refractivity contribution in [3.05, 3.63) is 0 Å². The molecule has 0 fully saturated rings. The van der Waals surface area contributed by atoms with E-state index in [0.717, 1.165) is 0 Å². The largest absolute Gasteiger partial charge is 0.480 e. The molecular weight excluding hydrogens is 178 g/mol.